The number of aliphatic hydroxyl groups is 1. The van der Waals surface area contributed by atoms with E-state index in [1.54, 1.807) is 0 Å². The Labute approximate surface area is 229 Å². The molecule has 5 aliphatic carbocycles. The number of benzene rings is 1. The smallest absolute Gasteiger partial charge is 0.227 e. The number of carbonyl (C=O) groups is 1. The second-order valence-corrected chi connectivity index (χ2v) is 14.6. The Hall–Kier alpha value is -1.39. The Morgan fingerprint density at radius 2 is 1.89 bits per heavy atom. The number of methoxy groups -OCH3 is 1. The van der Waals surface area contributed by atoms with Crippen LogP contribution in [0.3, 0.4) is 0 Å². The van der Waals surface area contributed by atoms with E-state index in [4.69, 9.17) is 4.74 Å². The highest BCUT2D eigenvalue weighted by Crippen LogP contribution is 2.72. The van der Waals surface area contributed by atoms with E-state index in [1.165, 1.54) is 62.5 Å². The first kappa shape index (κ1) is 25.6. The predicted octanol–water partition coefficient (Wildman–Crippen LogP) is 6.70. The topological polar surface area (TPSA) is 49.8 Å². The van der Waals surface area contributed by atoms with Crippen LogP contribution in [-0.4, -0.2) is 36.9 Å². The maximum absolute atomic E-state index is 13.4. The summed E-state index contributed by atoms with van der Waals surface area (Å²) in [6.45, 7) is 5.57. The number of aryl methyl sites for hydroxylation is 1. The van der Waals surface area contributed by atoms with Crippen molar-refractivity contribution in [2.45, 2.75) is 110 Å². The summed E-state index contributed by atoms with van der Waals surface area (Å²) in [6, 6.07) is 6.56. The van der Waals surface area contributed by atoms with E-state index in [0.717, 1.165) is 61.6 Å². The van der Waals surface area contributed by atoms with Crippen LogP contribution in [0.2, 0.25) is 0 Å². The number of aliphatic hydroxyl groups excluding tert-OH is 1. The third-order valence-electron chi connectivity index (χ3n) is 13.4. The van der Waals surface area contributed by atoms with Crippen LogP contribution in [0.15, 0.2) is 18.2 Å². The highest BCUT2D eigenvalue weighted by molar-refractivity contribution is 5.95. The molecule has 0 bridgehead atoms. The van der Waals surface area contributed by atoms with E-state index >= 15 is 0 Å². The van der Waals surface area contributed by atoms with Crippen LogP contribution in [0, 0.1) is 53.3 Å². The summed E-state index contributed by atoms with van der Waals surface area (Å²) in [4.78, 5) is 15.5. The largest absolute Gasteiger partial charge is 0.393 e. The Balaban J connectivity index is 1.07. The molecular formula is C34H49NO3. The Kier molecular flexibility index (Phi) is 6.28. The molecule has 0 radical (unpaired) electrons. The molecule has 1 aliphatic heterocycles. The fourth-order valence-electron chi connectivity index (χ4n) is 11.8. The number of amides is 1. The minimum atomic E-state index is -0.0786. The van der Waals surface area contributed by atoms with Crippen LogP contribution in [0.4, 0.5) is 5.69 Å². The summed E-state index contributed by atoms with van der Waals surface area (Å²) in [5.41, 5.74) is 4.51. The van der Waals surface area contributed by atoms with Crippen LogP contribution in [0.5, 0.6) is 0 Å². The van der Waals surface area contributed by atoms with Crippen molar-refractivity contribution in [1.82, 2.24) is 0 Å². The Morgan fingerprint density at radius 1 is 1.05 bits per heavy atom. The molecule has 1 amide bonds. The summed E-state index contributed by atoms with van der Waals surface area (Å²) in [5.74, 6) is 4.84. The van der Waals surface area contributed by atoms with Crippen LogP contribution < -0.4 is 4.90 Å². The molecule has 10 atom stereocenters. The SMILES string of the molecule is CO[C@H]1C[C@H]2[C@@H](CC[C@@H]3C[C@H](O)CC[C@@]32C)[C@@H]2CC[C@@H]3[C@@H](CCC(=O)N4CCc5cc(C)ccc54)CC[C@@]132. The lowest BCUT2D eigenvalue weighted by Crippen LogP contribution is -2.59. The average molecular weight is 520 g/mol. The van der Waals surface area contributed by atoms with E-state index in [1.807, 2.05) is 7.11 Å². The number of hydrogen-bond donors (Lipinski definition) is 1. The van der Waals surface area contributed by atoms with E-state index in [0.29, 0.717) is 41.1 Å². The molecule has 4 nitrogen and oxygen atoms in total. The number of nitrogens with zero attached hydrogens (tertiary/aromatic N) is 1. The zero-order valence-corrected chi connectivity index (χ0v) is 24.0. The van der Waals surface area contributed by atoms with Gasteiger partial charge in [0.15, 0.2) is 0 Å². The monoisotopic (exact) mass is 519 g/mol. The van der Waals surface area contributed by atoms with Gasteiger partial charge in [0.1, 0.15) is 0 Å². The predicted molar refractivity (Wildman–Crippen MR) is 151 cm³/mol. The van der Waals surface area contributed by atoms with Gasteiger partial charge in [0.05, 0.1) is 12.2 Å². The molecule has 4 heteroatoms. The molecule has 1 spiro atoms. The van der Waals surface area contributed by atoms with Gasteiger partial charge >= 0.3 is 0 Å². The number of anilines is 1. The van der Waals surface area contributed by atoms with Crippen LogP contribution in [0.25, 0.3) is 0 Å². The summed E-state index contributed by atoms with van der Waals surface area (Å²) >= 11 is 0. The summed E-state index contributed by atoms with van der Waals surface area (Å²) in [6.07, 6.45) is 15.5. The van der Waals surface area contributed by atoms with Gasteiger partial charge in [0.25, 0.3) is 0 Å². The zero-order chi connectivity index (χ0) is 26.2. The van der Waals surface area contributed by atoms with E-state index < -0.39 is 0 Å². The molecule has 1 aromatic rings. The summed E-state index contributed by atoms with van der Waals surface area (Å²) in [5, 5.41) is 10.4. The van der Waals surface area contributed by atoms with E-state index in [9.17, 15) is 9.90 Å². The van der Waals surface area contributed by atoms with Gasteiger partial charge in [0, 0.05) is 31.2 Å². The number of hydrogen-bond acceptors (Lipinski definition) is 3. The quantitative estimate of drug-likeness (QED) is 0.482. The van der Waals surface area contributed by atoms with Gasteiger partial charge in [-0.1, -0.05) is 24.6 Å². The lowest BCUT2D eigenvalue weighted by atomic mass is 9.44. The molecule has 5 fully saturated rings. The van der Waals surface area contributed by atoms with Crippen molar-refractivity contribution in [1.29, 1.82) is 0 Å². The maximum atomic E-state index is 13.4. The normalized spacial score (nSPS) is 45.2. The number of fused-ring (bicyclic) bond motifs is 5. The van der Waals surface area contributed by atoms with Crippen molar-refractivity contribution in [3.05, 3.63) is 29.3 Å². The molecule has 0 aromatic heterocycles. The Morgan fingerprint density at radius 3 is 2.74 bits per heavy atom. The van der Waals surface area contributed by atoms with Gasteiger partial charge in [0.2, 0.25) is 5.91 Å². The third-order valence-corrected chi connectivity index (χ3v) is 13.4. The molecule has 7 rings (SSSR count). The number of rotatable bonds is 4. The molecular weight excluding hydrogens is 470 g/mol. The Bertz CT molecular complexity index is 1090. The van der Waals surface area contributed by atoms with Gasteiger partial charge < -0.3 is 14.7 Å². The minimum Gasteiger partial charge on any atom is -0.393 e. The van der Waals surface area contributed by atoms with Gasteiger partial charge in [-0.3, -0.25) is 4.79 Å². The molecule has 1 N–H and O–H groups in total. The summed E-state index contributed by atoms with van der Waals surface area (Å²) in [7, 11) is 1.99. The molecule has 1 heterocycles. The number of ether oxygens (including phenoxy) is 1. The molecule has 208 valence electrons. The average Bonchev–Trinajstić information content (AvgIpc) is 3.59. The van der Waals surface area contributed by atoms with Crippen LogP contribution in [0.1, 0.15) is 95.1 Å². The molecule has 6 aliphatic rings. The van der Waals surface area contributed by atoms with Crippen molar-refractivity contribution in [2.75, 3.05) is 18.6 Å². The van der Waals surface area contributed by atoms with Crippen molar-refractivity contribution in [3.63, 3.8) is 0 Å². The van der Waals surface area contributed by atoms with Gasteiger partial charge in [-0.05, 0) is 137 Å². The van der Waals surface area contributed by atoms with E-state index in [-0.39, 0.29) is 6.10 Å². The van der Waals surface area contributed by atoms with E-state index in [2.05, 4.69) is 36.9 Å². The first-order valence-corrected chi connectivity index (χ1v) is 16.0. The van der Waals surface area contributed by atoms with Crippen molar-refractivity contribution in [2.24, 2.45) is 46.3 Å². The van der Waals surface area contributed by atoms with Crippen molar-refractivity contribution >= 4 is 11.6 Å². The standard InChI is InChI=1S/C34H49NO3/c1-21-4-10-30-23(18-21)14-17-35(30)32(37)11-5-22-12-16-34-27(22)8-9-28(34)26-7-6-24-19-25(36)13-15-33(24,2)29(26)20-31(34)38-3/h4,10,18,22,24-29,31,36H,5-9,11-17,19-20H2,1-3H3/t22-,24+,25+,26-,27+,28-,29-,31-,33-,34+/m0/s1. The maximum Gasteiger partial charge on any atom is 0.227 e. The number of carbonyl (C=O) groups excluding carboxylic acids is 1. The lowest BCUT2D eigenvalue weighted by molar-refractivity contribution is -0.181. The van der Waals surface area contributed by atoms with Crippen LogP contribution in [-0.2, 0) is 16.0 Å². The van der Waals surface area contributed by atoms with Crippen LogP contribution >= 0.6 is 0 Å². The second-order valence-electron chi connectivity index (χ2n) is 14.6. The molecule has 0 unspecified atom stereocenters. The summed E-state index contributed by atoms with van der Waals surface area (Å²) < 4.78 is 6.48. The minimum absolute atomic E-state index is 0.0786. The first-order chi connectivity index (χ1) is 18.3. The van der Waals surface area contributed by atoms with Crippen molar-refractivity contribution in [3.8, 4) is 0 Å². The lowest BCUT2D eigenvalue weighted by Gasteiger charge is -2.62. The van der Waals surface area contributed by atoms with Gasteiger partial charge in [-0.15, -0.1) is 0 Å². The highest BCUT2D eigenvalue weighted by atomic mass is 16.5. The van der Waals surface area contributed by atoms with Crippen molar-refractivity contribution < 1.29 is 14.6 Å². The zero-order valence-electron chi connectivity index (χ0n) is 24.0. The highest BCUT2D eigenvalue weighted by Gasteiger charge is 2.67. The first-order valence-electron chi connectivity index (χ1n) is 16.0. The fourth-order valence-corrected chi connectivity index (χ4v) is 11.8. The molecule has 0 saturated heterocycles. The van der Waals surface area contributed by atoms with Gasteiger partial charge in [-0.2, -0.15) is 0 Å². The molecule has 1 aromatic carbocycles. The second kappa shape index (κ2) is 9.33. The molecule has 5 saturated carbocycles. The van der Waals surface area contributed by atoms with Gasteiger partial charge in [-0.25, -0.2) is 0 Å². The molecule has 38 heavy (non-hydrogen) atoms. The third kappa shape index (κ3) is 3.64. The fraction of sp³-hybridized carbons (Fsp3) is 0.794.